The van der Waals surface area contributed by atoms with Gasteiger partial charge in [-0.3, -0.25) is 14.5 Å². The zero-order valence-corrected chi connectivity index (χ0v) is 15.8. The lowest BCUT2D eigenvalue weighted by molar-refractivity contribution is -0.139. The Labute approximate surface area is 152 Å². The quantitative estimate of drug-likeness (QED) is 0.769. The van der Waals surface area contributed by atoms with Crippen LogP contribution in [0.15, 0.2) is 0 Å². The third kappa shape index (κ3) is 5.70. The van der Waals surface area contributed by atoms with Crippen LogP contribution in [0.2, 0.25) is 0 Å². The average Bonchev–Trinajstić information content (AvgIpc) is 3.40. The molecular weight excluding hydrogens is 314 g/mol. The van der Waals surface area contributed by atoms with E-state index in [0.717, 1.165) is 38.5 Å². The van der Waals surface area contributed by atoms with Crippen molar-refractivity contribution in [2.45, 2.75) is 95.2 Å². The number of nitrogens with zero attached hydrogens (tertiary/aromatic N) is 2. The van der Waals surface area contributed by atoms with E-state index in [-0.39, 0.29) is 11.8 Å². The Morgan fingerprint density at radius 2 is 1.32 bits per heavy atom. The van der Waals surface area contributed by atoms with E-state index >= 15 is 0 Å². The molecule has 25 heavy (non-hydrogen) atoms. The maximum Gasteiger partial charge on any atom is 0.237 e. The van der Waals surface area contributed by atoms with Crippen LogP contribution in [0.4, 0.5) is 0 Å². The van der Waals surface area contributed by atoms with E-state index in [1.165, 1.54) is 38.5 Å². The van der Waals surface area contributed by atoms with Gasteiger partial charge in [-0.1, -0.05) is 38.5 Å². The van der Waals surface area contributed by atoms with Crippen LogP contribution in [0.25, 0.3) is 0 Å². The maximum atomic E-state index is 13.1. The molecule has 2 amide bonds. The van der Waals surface area contributed by atoms with Crippen molar-refractivity contribution in [2.75, 3.05) is 20.1 Å². The van der Waals surface area contributed by atoms with Gasteiger partial charge in [-0.15, -0.1) is 0 Å². The molecule has 0 aromatic carbocycles. The molecule has 0 saturated heterocycles. The molecule has 0 radical (unpaired) electrons. The van der Waals surface area contributed by atoms with E-state index in [2.05, 4.69) is 10.2 Å². The van der Waals surface area contributed by atoms with Crippen LogP contribution in [-0.4, -0.2) is 59.9 Å². The standard InChI is InChI=1S/C20H35N3O2/c1-22(14-19(24)21-16-12-13-16)15-20(25)23(17-8-4-2-5-9-17)18-10-6-3-7-11-18/h16-18H,2-15H2,1H3,(H,21,24). The molecule has 5 heteroatoms. The van der Waals surface area contributed by atoms with Crippen LogP contribution in [0, 0.1) is 0 Å². The molecule has 0 aromatic heterocycles. The van der Waals surface area contributed by atoms with Crippen molar-refractivity contribution in [3.63, 3.8) is 0 Å². The van der Waals surface area contributed by atoms with Crippen molar-refractivity contribution in [2.24, 2.45) is 0 Å². The van der Waals surface area contributed by atoms with Gasteiger partial charge in [0.15, 0.2) is 0 Å². The topological polar surface area (TPSA) is 52.7 Å². The lowest BCUT2D eigenvalue weighted by Gasteiger charge is -2.42. The van der Waals surface area contributed by atoms with Gasteiger partial charge in [0.1, 0.15) is 0 Å². The lowest BCUT2D eigenvalue weighted by Crippen LogP contribution is -2.52. The molecule has 0 atom stereocenters. The molecule has 142 valence electrons. The highest BCUT2D eigenvalue weighted by atomic mass is 16.2. The fourth-order valence-electron chi connectivity index (χ4n) is 4.54. The summed E-state index contributed by atoms with van der Waals surface area (Å²) >= 11 is 0. The number of likely N-dealkylation sites (N-methyl/N-ethyl adjacent to an activating group) is 1. The fraction of sp³-hybridized carbons (Fsp3) is 0.900. The minimum absolute atomic E-state index is 0.0553. The summed E-state index contributed by atoms with van der Waals surface area (Å²) in [6.45, 7) is 0.691. The normalized spacial score (nSPS) is 22.8. The van der Waals surface area contributed by atoms with E-state index in [9.17, 15) is 9.59 Å². The molecule has 5 nitrogen and oxygen atoms in total. The predicted octanol–water partition coefficient (Wildman–Crippen LogP) is 2.69. The smallest absolute Gasteiger partial charge is 0.237 e. The second-order valence-corrected chi connectivity index (χ2v) is 8.40. The van der Waals surface area contributed by atoms with Crippen LogP contribution in [0.5, 0.6) is 0 Å². The van der Waals surface area contributed by atoms with Gasteiger partial charge in [0.2, 0.25) is 11.8 Å². The van der Waals surface area contributed by atoms with Crippen LogP contribution >= 0.6 is 0 Å². The summed E-state index contributed by atoms with van der Waals surface area (Å²) in [7, 11) is 1.89. The van der Waals surface area contributed by atoms with E-state index in [4.69, 9.17) is 0 Å². The molecule has 3 aliphatic carbocycles. The van der Waals surface area contributed by atoms with Crippen molar-refractivity contribution >= 4 is 11.8 Å². The van der Waals surface area contributed by atoms with Gasteiger partial charge < -0.3 is 10.2 Å². The summed E-state index contributed by atoms with van der Waals surface area (Å²) in [5, 5.41) is 3.01. The van der Waals surface area contributed by atoms with Gasteiger partial charge in [0, 0.05) is 18.1 Å². The van der Waals surface area contributed by atoms with E-state index in [1.54, 1.807) is 0 Å². The Morgan fingerprint density at radius 3 is 1.80 bits per heavy atom. The van der Waals surface area contributed by atoms with Gasteiger partial charge in [0.25, 0.3) is 0 Å². The Kier molecular flexibility index (Phi) is 6.74. The number of amides is 2. The van der Waals surface area contributed by atoms with Gasteiger partial charge in [0.05, 0.1) is 13.1 Å². The summed E-state index contributed by atoms with van der Waals surface area (Å²) in [6.07, 6.45) is 14.5. The van der Waals surface area contributed by atoms with Crippen molar-refractivity contribution < 1.29 is 9.59 Å². The molecule has 0 aromatic rings. The van der Waals surface area contributed by atoms with Crippen molar-refractivity contribution in [1.82, 2.24) is 15.1 Å². The highest BCUT2D eigenvalue weighted by molar-refractivity contribution is 5.81. The van der Waals surface area contributed by atoms with Crippen LogP contribution in [0.1, 0.15) is 77.0 Å². The Morgan fingerprint density at radius 1 is 0.800 bits per heavy atom. The average molecular weight is 350 g/mol. The SMILES string of the molecule is CN(CC(=O)NC1CC1)CC(=O)N(C1CCCCC1)C1CCCCC1. The van der Waals surface area contributed by atoms with Gasteiger partial charge in [-0.2, -0.15) is 0 Å². The predicted molar refractivity (Wildman–Crippen MR) is 99.3 cm³/mol. The third-order valence-electron chi connectivity index (χ3n) is 5.99. The Hall–Kier alpha value is -1.10. The first kappa shape index (κ1) is 18.7. The molecule has 0 aliphatic heterocycles. The van der Waals surface area contributed by atoms with Crippen LogP contribution in [0.3, 0.4) is 0 Å². The number of carbonyl (C=O) groups excluding carboxylic acids is 2. The molecule has 3 saturated carbocycles. The molecule has 0 spiro atoms. The third-order valence-corrected chi connectivity index (χ3v) is 5.99. The molecule has 3 fully saturated rings. The number of hydrogen-bond donors (Lipinski definition) is 1. The summed E-state index contributed by atoms with van der Waals surface area (Å²) in [5.74, 6) is 0.292. The minimum atomic E-state index is 0.0553. The number of rotatable bonds is 7. The van der Waals surface area contributed by atoms with E-state index < -0.39 is 0 Å². The van der Waals surface area contributed by atoms with Gasteiger partial charge in [-0.25, -0.2) is 0 Å². The molecule has 0 heterocycles. The Balaban J connectivity index is 1.55. The Bertz CT molecular complexity index is 434. The summed E-state index contributed by atoms with van der Waals surface area (Å²) in [5.41, 5.74) is 0. The highest BCUT2D eigenvalue weighted by Crippen LogP contribution is 2.30. The largest absolute Gasteiger partial charge is 0.352 e. The molecule has 0 bridgehead atoms. The van der Waals surface area contributed by atoms with E-state index in [0.29, 0.717) is 31.2 Å². The summed E-state index contributed by atoms with van der Waals surface area (Å²) < 4.78 is 0. The minimum Gasteiger partial charge on any atom is -0.352 e. The zero-order chi connectivity index (χ0) is 17.6. The molecule has 1 N–H and O–H groups in total. The molecule has 0 unspecified atom stereocenters. The van der Waals surface area contributed by atoms with E-state index in [1.807, 2.05) is 11.9 Å². The van der Waals surface area contributed by atoms with Crippen molar-refractivity contribution in [3.05, 3.63) is 0 Å². The fourth-order valence-corrected chi connectivity index (χ4v) is 4.54. The summed E-state index contributed by atoms with van der Waals surface area (Å²) in [4.78, 5) is 29.2. The first-order chi connectivity index (χ1) is 12.1. The summed E-state index contributed by atoms with van der Waals surface area (Å²) in [6, 6.07) is 1.24. The lowest BCUT2D eigenvalue weighted by atomic mass is 9.88. The zero-order valence-electron chi connectivity index (χ0n) is 15.8. The van der Waals surface area contributed by atoms with Crippen molar-refractivity contribution in [1.29, 1.82) is 0 Å². The second-order valence-electron chi connectivity index (χ2n) is 8.40. The molecule has 3 rings (SSSR count). The first-order valence-corrected chi connectivity index (χ1v) is 10.4. The monoisotopic (exact) mass is 349 g/mol. The highest BCUT2D eigenvalue weighted by Gasteiger charge is 2.33. The number of nitrogens with one attached hydrogen (secondary N) is 1. The molecular formula is C20H35N3O2. The second kappa shape index (κ2) is 9.02. The number of carbonyl (C=O) groups is 2. The first-order valence-electron chi connectivity index (χ1n) is 10.4. The van der Waals surface area contributed by atoms with Crippen LogP contribution in [-0.2, 0) is 9.59 Å². The van der Waals surface area contributed by atoms with Crippen LogP contribution < -0.4 is 5.32 Å². The number of hydrogen-bond acceptors (Lipinski definition) is 3. The van der Waals surface area contributed by atoms with Gasteiger partial charge in [-0.05, 0) is 45.6 Å². The van der Waals surface area contributed by atoms with Crippen molar-refractivity contribution in [3.8, 4) is 0 Å². The maximum absolute atomic E-state index is 13.1. The van der Waals surface area contributed by atoms with Gasteiger partial charge >= 0.3 is 0 Å². The molecule has 3 aliphatic rings.